The summed E-state index contributed by atoms with van der Waals surface area (Å²) in [5, 5.41) is 12.3. The minimum absolute atomic E-state index is 0.137. The van der Waals surface area contributed by atoms with Crippen LogP contribution in [0, 0.1) is 0 Å². The molecule has 0 heterocycles. The Morgan fingerprint density at radius 3 is 2.37 bits per heavy atom. The van der Waals surface area contributed by atoms with E-state index in [2.05, 4.69) is 5.32 Å². The van der Waals surface area contributed by atoms with Gasteiger partial charge in [-0.2, -0.15) is 0 Å². The van der Waals surface area contributed by atoms with E-state index >= 15 is 0 Å². The molecule has 1 aromatic rings. The van der Waals surface area contributed by atoms with Gasteiger partial charge >= 0.3 is 0 Å². The van der Waals surface area contributed by atoms with E-state index in [1.54, 1.807) is 43.0 Å². The molecule has 0 aliphatic rings. The van der Waals surface area contributed by atoms with E-state index in [1.807, 2.05) is 6.92 Å². The van der Waals surface area contributed by atoms with Crippen LogP contribution in [-0.4, -0.2) is 41.0 Å². The lowest BCUT2D eigenvalue weighted by Gasteiger charge is -2.28. The number of carbonyl (C=O) groups is 2. The third-order valence-electron chi connectivity index (χ3n) is 2.60. The number of nitrogens with zero attached hydrogens (tertiary/aromatic N) is 1. The number of aliphatic hydroxyl groups is 1. The summed E-state index contributed by atoms with van der Waals surface area (Å²) in [6, 6.07) is 6.64. The molecule has 0 bridgehead atoms. The fraction of sp³-hybridized carbons (Fsp3) is 0.429. The van der Waals surface area contributed by atoms with E-state index in [9.17, 15) is 14.7 Å². The minimum Gasteiger partial charge on any atom is -0.389 e. The number of hydrogen-bond acceptors (Lipinski definition) is 3. The number of rotatable bonds is 6. The lowest BCUT2D eigenvalue weighted by atomic mass is 10.1. The van der Waals surface area contributed by atoms with Crippen molar-refractivity contribution in [3.8, 4) is 0 Å². The summed E-state index contributed by atoms with van der Waals surface area (Å²) in [6.07, 6.45) is 0.587. The zero-order chi connectivity index (χ0) is 14.5. The lowest BCUT2D eigenvalue weighted by molar-refractivity contribution is -0.105. The van der Waals surface area contributed by atoms with Gasteiger partial charge in [0, 0.05) is 24.3 Å². The van der Waals surface area contributed by atoms with Gasteiger partial charge in [-0.3, -0.25) is 9.59 Å². The van der Waals surface area contributed by atoms with E-state index in [0.717, 1.165) is 0 Å². The van der Waals surface area contributed by atoms with Crippen molar-refractivity contribution in [3.63, 3.8) is 0 Å². The van der Waals surface area contributed by atoms with Gasteiger partial charge in [0.15, 0.2) is 0 Å². The number of anilines is 1. The molecule has 0 saturated carbocycles. The Balaban J connectivity index is 2.82. The molecule has 0 saturated heterocycles. The first-order chi connectivity index (χ1) is 8.87. The Hall–Kier alpha value is -1.88. The zero-order valence-corrected chi connectivity index (χ0v) is 11.5. The molecule has 19 heavy (non-hydrogen) atoms. The molecule has 5 heteroatoms. The van der Waals surface area contributed by atoms with Crippen molar-refractivity contribution in [2.24, 2.45) is 0 Å². The molecule has 0 aliphatic carbocycles. The predicted molar refractivity (Wildman–Crippen MR) is 74.0 cm³/mol. The summed E-state index contributed by atoms with van der Waals surface area (Å²) in [5.41, 5.74) is 0.240. The molecule has 2 N–H and O–H groups in total. The molecule has 5 nitrogen and oxygen atoms in total. The van der Waals surface area contributed by atoms with Crippen LogP contribution in [0.5, 0.6) is 0 Å². The molecule has 0 unspecified atom stereocenters. The molecule has 0 atom stereocenters. The Labute approximate surface area is 113 Å². The van der Waals surface area contributed by atoms with E-state index in [-0.39, 0.29) is 12.5 Å². The highest BCUT2D eigenvalue weighted by molar-refractivity contribution is 5.94. The minimum atomic E-state index is -0.926. The van der Waals surface area contributed by atoms with Crippen molar-refractivity contribution < 1.29 is 14.7 Å². The second-order valence-electron chi connectivity index (χ2n) is 4.97. The summed E-state index contributed by atoms with van der Waals surface area (Å²) >= 11 is 0. The average Bonchev–Trinajstić information content (AvgIpc) is 2.35. The third-order valence-corrected chi connectivity index (χ3v) is 2.60. The average molecular weight is 264 g/mol. The SMILES string of the molecule is CCN(CC(C)(C)O)C(=O)c1ccc(NC=O)cc1. The standard InChI is InChI=1S/C14H20N2O3/c1-4-16(9-14(2,3)19)13(18)11-5-7-12(8-6-11)15-10-17/h5-8,10,19H,4,9H2,1-3H3,(H,15,17). The molecule has 2 amide bonds. The summed E-state index contributed by atoms with van der Waals surface area (Å²) in [7, 11) is 0. The number of hydrogen-bond donors (Lipinski definition) is 2. The van der Waals surface area contributed by atoms with Gasteiger partial charge in [0.25, 0.3) is 5.91 Å². The highest BCUT2D eigenvalue weighted by atomic mass is 16.3. The summed E-state index contributed by atoms with van der Waals surface area (Å²) in [5.74, 6) is -0.137. The largest absolute Gasteiger partial charge is 0.389 e. The summed E-state index contributed by atoms with van der Waals surface area (Å²) in [6.45, 7) is 6.00. The van der Waals surface area contributed by atoms with Crippen LogP contribution in [-0.2, 0) is 4.79 Å². The Bertz CT molecular complexity index is 435. The van der Waals surface area contributed by atoms with Gasteiger partial charge in [0.1, 0.15) is 0 Å². The van der Waals surface area contributed by atoms with Crippen molar-refractivity contribution in [1.29, 1.82) is 0 Å². The van der Waals surface area contributed by atoms with Crippen LogP contribution in [0.3, 0.4) is 0 Å². The fourth-order valence-corrected chi connectivity index (χ4v) is 1.75. The van der Waals surface area contributed by atoms with Crippen LogP contribution in [0.1, 0.15) is 31.1 Å². The highest BCUT2D eigenvalue weighted by Gasteiger charge is 2.22. The molecule has 104 valence electrons. The highest BCUT2D eigenvalue weighted by Crippen LogP contribution is 2.13. The monoisotopic (exact) mass is 264 g/mol. The van der Waals surface area contributed by atoms with E-state index in [0.29, 0.717) is 24.2 Å². The zero-order valence-electron chi connectivity index (χ0n) is 11.5. The topological polar surface area (TPSA) is 69.6 Å². The molecule has 1 aromatic carbocycles. The van der Waals surface area contributed by atoms with Gasteiger partial charge in [-0.25, -0.2) is 0 Å². The summed E-state index contributed by atoms with van der Waals surface area (Å²) < 4.78 is 0. The third kappa shape index (κ3) is 4.71. The number of amides is 2. The van der Waals surface area contributed by atoms with E-state index in [1.165, 1.54) is 0 Å². The maximum Gasteiger partial charge on any atom is 0.253 e. The van der Waals surface area contributed by atoms with Crippen molar-refractivity contribution in [1.82, 2.24) is 4.90 Å². The van der Waals surface area contributed by atoms with Gasteiger partial charge in [0.05, 0.1) is 5.60 Å². The quantitative estimate of drug-likeness (QED) is 0.765. The van der Waals surface area contributed by atoms with E-state index < -0.39 is 5.60 Å². The lowest BCUT2D eigenvalue weighted by Crippen LogP contribution is -2.42. The Morgan fingerprint density at radius 2 is 1.95 bits per heavy atom. The van der Waals surface area contributed by atoms with Crippen LogP contribution in [0.4, 0.5) is 5.69 Å². The molecular weight excluding hydrogens is 244 g/mol. The van der Waals surface area contributed by atoms with Crippen LogP contribution in [0.25, 0.3) is 0 Å². The van der Waals surface area contributed by atoms with Gasteiger partial charge in [-0.05, 0) is 45.0 Å². The second-order valence-corrected chi connectivity index (χ2v) is 4.97. The predicted octanol–water partition coefficient (Wildman–Crippen LogP) is 1.49. The van der Waals surface area contributed by atoms with Crippen LogP contribution in [0.2, 0.25) is 0 Å². The molecule has 0 aliphatic heterocycles. The maximum absolute atomic E-state index is 12.2. The van der Waals surface area contributed by atoms with Crippen LogP contribution in [0.15, 0.2) is 24.3 Å². The van der Waals surface area contributed by atoms with Crippen molar-refractivity contribution in [2.45, 2.75) is 26.4 Å². The molecule has 0 radical (unpaired) electrons. The molecular formula is C14H20N2O3. The normalized spacial score (nSPS) is 10.9. The van der Waals surface area contributed by atoms with Crippen molar-refractivity contribution >= 4 is 18.0 Å². The van der Waals surface area contributed by atoms with Crippen LogP contribution >= 0.6 is 0 Å². The molecule has 0 aromatic heterocycles. The summed E-state index contributed by atoms with van der Waals surface area (Å²) in [4.78, 5) is 24.1. The first-order valence-electron chi connectivity index (χ1n) is 6.19. The van der Waals surface area contributed by atoms with E-state index in [4.69, 9.17) is 0 Å². The molecule has 0 fully saturated rings. The number of benzene rings is 1. The number of likely N-dealkylation sites (N-methyl/N-ethyl adjacent to an activating group) is 1. The fourth-order valence-electron chi connectivity index (χ4n) is 1.75. The number of nitrogens with one attached hydrogen (secondary N) is 1. The number of carbonyl (C=O) groups excluding carboxylic acids is 2. The van der Waals surface area contributed by atoms with Gasteiger partial charge in [0.2, 0.25) is 6.41 Å². The maximum atomic E-state index is 12.2. The molecule has 1 rings (SSSR count). The Kier molecular flexibility index (Phi) is 5.06. The Morgan fingerprint density at radius 1 is 1.37 bits per heavy atom. The molecule has 0 spiro atoms. The van der Waals surface area contributed by atoms with Gasteiger partial charge in [-0.15, -0.1) is 0 Å². The second kappa shape index (κ2) is 6.33. The van der Waals surface area contributed by atoms with Gasteiger partial charge < -0.3 is 15.3 Å². The van der Waals surface area contributed by atoms with Crippen molar-refractivity contribution in [2.75, 3.05) is 18.4 Å². The first-order valence-corrected chi connectivity index (χ1v) is 6.19. The smallest absolute Gasteiger partial charge is 0.253 e. The van der Waals surface area contributed by atoms with Crippen LogP contribution < -0.4 is 5.32 Å². The first kappa shape index (κ1) is 15.2. The van der Waals surface area contributed by atoms with Gasteiger partial charge in [-0.1, -0.05) is 0 Å². The van der Waals surface area contributed by atoms with Crippen molar-refractivity contribution in [3.05, 3.63) is 29.8 Å².